The molecule has 0 bridgehead atoms. The molecule has 0 saturated carbocycles. The Balaban J connectivity index is 2.22. The minimum absolute atomic E-state index is 0.0527. The molecular formula is C17H23N4O3+. The average molecular weight is 331 g/mol. The second-order valence-corrected chi connectivity index (χ2v) is 5.89. The Morgan fingerprint density at radius 1 is 1.25 bits per heavy atom. The van der Waals surface area contributed by atoms with Crippen molar-refractivity contribution < 1.29 is 9.69 Å². The Morgan fingerprint density at radius 3 is 2.54 bits per heavy atom. The van der Waals surface area contributed by atoms with Crippen molar-refractivity contribution in [2.45, 2.75) is 26.4 Å². The molecule has 0 spiro atoms. The number of nitrogen functional groups attached to an aromatic ring is 1. The van der Waals surface area contributed by atoms with Gasteiger partial charge in [0.25, 0.3) is 5.56 Å². The monoisotopic (exact) mass is 331 g/mol. The highest BCUT2D eigenvalue weighted by Gasteiger charge is 2.22. The average Bonchev–Trinajstić information content (AvgIpc) is 2.52. The molecule has 4 N–H and O–H groups in total. The molecule has 7 heteroatoms. The maximum atomic E-state index is 12.5. The number of nitrogens with one attached hydrogen (secondary N) is 2. The quantitative estimate of drug-likeness (QED) is 0.591. The molecule has 1 atom stereocenters. The van der Waals surface area contributed by atoms with Crippen LogP contribution in [0.5, 0.6) is 0 Å². The van der Waals surface area contributed by atoms with Gasteiger partial charge < -0.3 is 10.6 Å². The smallest absolute Gasteiger partial charge is 0.329 e. The molecule has 1 aromatic heterocycles. The van der Waals surface area contributed by atoms with Crippen LogP contribution in [0.2, 0.25) is 0 Å². The van der Waals surface area contributed by atoms with Gasteiger partial charge in [-0.05, 0) is 6.42 Å². The van der Waals surface area contributed by atoms with Crippen molar-refractivity contribution in [3.8, 4) is 0 Å². The maximum absolute atomic E-state index is 12.5. The largest absolute Gasteiger partial charge is 0.384 e. The summed E-state index contributed by atoms with van der Waals surface area (Å²) in [6, 6.07) is 9.77. The number of hydrogen-bond acceptors (Lipinski definition) is 4. The van der Waals surface area contributed by atoms with Gasteiger partial charge in [0.05, 0.1) is 7.05 Å². The number of likely N-dealkylation sites (N-methyl/N-ethyl adjacent to an activating group) is 1. The fraction of sp³-hybridized carbons (Fsp3) is 0.353. The number of nitrogens with zero attached hydrogens (tertiary/aromatic N) is 1. The Morgan fingerprint density at radius 2 is 1.92 bits per heavy atom. The zero-order valence-corrected chi connectivity index (χ0v) is 14.0. The van der Waals surface area contributed by atoms with E-state index in [1.54, 1.807) is 0 Å². The van der Waals surface area contributed by atoms with E-state index in [4.69, 9.17) is 5.73 Å². The number of H-pyrrole nitrogens is 1. The molecule has 1 heterocycles. The van der Waals surface area contributed by atoms with Gasteiger partial charge in [0.15, 0.2) is 0 Å². The summed E-state index contributed by atoms with van der Waals surface area (Å²) in [5, 5.41) is 0. The highest BCUT2D eigenvalue weighted by molar-refractivity contribution is 6.00. The number of benzene rings is 1. The van der Waals surface area contributed by atoms with Gasteiger partial charge in [0, 0.05) is 12.1 Å². The third-order valence-electron chi connectivity index (χ3n) is 3.78. The van der Waals surface area contributed by atoms with Crippen LogP contribution in [0.25, 0.3) is 0 Å². The van der Waals surface area contributed by atoms with Gasteiger partial charge in [0.1, 0.15) is 24.5 Å². The van der Waals surface area contributed by atoms with Gasteiger partial charge in [-0.3, -0.25) is 19.1 Å². The summed E-state index contributed by atoms with van der Waals surface area (Å²) >= 11 is 0. The summed E-state index contributed by atoms with van der Waals surface area (Å²) in [6.07, 6.45) is 0.670. The predicted octanol–water partition coefficient (Wildman–Crippen LogP) is -0.574. The molecule has 0 amide bonds. The lowest BCUT2D eigenvalue weighted by Crippen LogP contribution is -3.08. The topological polar surface area (TPSA) is 102 Å². The molecule has 0 radical (unpaired) electrons. The maximum Gasteiger partial charge on any atom is 0.329 e. The Labute approximate surface area is 139 Å². The van der Waals surface area contributed by atoms with Crippen LogP contribution in [0.4, 0.5) is 5.82 Å². The van der Waals surface area contributed by atoms with Crippen molar-refractivity contribution in [2.24, 2.45) is 0 Å². The van der Waals surface area contributed by atoms with E-state index in [1.165, 1.54) is 4.57 Å². The van der Waals surface area contributed by atoms with Crippen molar-refractivity contribution in [1.82, 2.24) is 9.55 Å². The van der Waals surface area contributed by atoms with Crippen LogP contribution in [0, 0.1) is 0 Å². The fourth-order valence-corrected chi connectivity index (χ4v) is 2.67. The van der Waals surface area contributed by atoms with Gasteiger partial charge in [0.2, 0.25) is 5.78 Å². The molecular weight excluding hydrogens is 308 g/mol. The molecule has 128 valence electrons. The first-order valence-corrected chi connectivity index (χ1v) is 7.95. The summed E-state index contributed by atoms with van der Waals surface area (Å²) in [7, 11) is 1.87. The lowest BCUT2D eigenvalue weighted by molar-refractivity contribution is -0.884. The van der Waals surface area contributed by atoms with Crippen LogP contribution >= 0.6 is 0 Å². The highest BCUT2D eigenvalue weighted by atomic mass is 16.2. The number of quaternary nitrogens is 1. The van der Waals surface area contributed by atoms with Crippen molar-refractivity contribution in [3.63, 3.8) is 0 Å². The number of rotatable bonds is 7. The number of carbonyl (C=O) groups excluding carboxylic acids is 1. The van der Waals surface area contributed by atoms with Gasteiger partial charge in [-0.15, -0.1) is 0 Å². The molecule has 1 aromatic carbocycles. The molecule has 7 nitrogen and oxygen atoms in total. The first-order chi connectivity index (χ1) is 11.4. The molecule has 0 saturated heterocycles. The number of aromatic nitrogens is 2. The van der Waals surface area contributed by atoms with Crippen molar-refractivity contribution in [2.75, 3.05) is 19.3 Å². The van der Waals surface area contributed by atoms with Gasteiger partial charge in [-0.2, -0.15) is 0 Å². The second-order valence-electron chi connectivity index (χ2n) is 5.89. The Kier molecular flexibility index (Phi) is 5.70. The number of nitrogens with two attached hydrogens (primary N) is 1. The summed E-state index contributed by atoms with van der Waals surface area (Å²) in [6.45, 7) is 3.01. The van der Waals surface area contributed by atoms with Gasteiger partial charge >= 0.3 is 5.69 Å². The van der Waals surface area contributed by atoms with Crippen molar-refractivity contribution in [1.29, 1.82) is 0 Å². The molecule has 0 fully saturated rings. The van der Waals surface area contributed by atoms with E-state index in [0.29, 0.717) is 19.5 Å². The van der Waals surface area contributed by atoms with E-state index >= 15 is 0 Å². The molecule has 2 rings (SSSR count). The lowest BCUT2D eigenvalue weighted by Gasteiger charge is -2.15. The second kappa shape index (κ2) is 7.74. The first-order valence-electron chi connectivity index (χ1n) is 7.95. The van der Waals surface area contributed by atoms with Crippen LogP contribution in [-0.4, -0.2) is 28.9 Å². The lowest BCUT2D eigenvalue weighted by atomic mass is 10.1. The Hall–Kier alpha value is -2.67. The summed E-state index contributed by atoms with van der Waals surface area (Å²) in [4.78, 5) is 39.4. The summed E-state index contributed by atoms with van der Waals surface area (Å²) < 4.78 is 1.24. The van der Waals surface area contributed by atoms with Gasteiger partial charge in [-0.25, -0.2) is 4.79 Å². The number of Topliss-reactive ketones (excluding diaryl/α,β-unsaturated/α-hetero) is 1. The summed E-state index contributed by atoms with van der Waals surface area (Å²) in [5.41, 5.74) is 5.58. The van der Waals surface area contributed by atoms with Crippen LogP contribution in [0.3, 0.4) is 0 Å². The van der Waals surface area contributed by atoms with E-state index < -0.39 is 11.2 Å². The molecule has 0 aliphatic rings. The SMILES string of the molecule is CCCn1c(N)c(C(=O)C[NH+](C)Cc2ccccc2)c(=O)[nH]c1=O. The zero-order valence-electron chi connectivity index (χ0n) is 14.0. The predicted molar refractivity (Wildman–Crippen MR) is 92.3 cm³/mol. The third kappa shape index (κ3) is 3.99. The van der Waals surface area contributed by atoms with E-state index in [1.807, 2.05) is 44.3 Å². The number of anilines is 1. The molecule has 0 aliphatic carbocycles. The first kappa shape index (κ1) is 17.7. The van der Waals surface area contributed by atoms with Crippen LogP contribution in [0.15, 0.2) is 39.9 Å². The van der Waals surface area contributed by atoms with E-state index in [2.05, 4.69) is 4.98 Å². The number of carbonyl (C=O) groups is 1. The van der Waals surface area contributed by atoms with Gasteiger partial charge in [-0.1, -0.05) is 37.3 Å². The summed E-state index contributed by atoms with van der Waals surface area (Å²) in [5.74, 6) is -0.421. The van der Waals surface area contributed by atoms with Crippen molar-refractivity contribution >= 4 is 11.6 Å². The van der Waals surface area contributed by atoms with Crippen molar-refractivity contribution in [3.05, 3.63) is 62.3 Å². The van der Waals surface area contributed by atoms with E-state index in [9.17, 15) is 14.4 Å². The highest BCUT2D eigenvalue weighted by Crippen LogP contribution is 2.05. The van der Waals surface area contributed by atoms with Crippen LogP contribution < -0.4 is 21.9 Å². The molecule has 0 aliphatic heterocycles. The zero-order chi connectivity index (χ0) is 17.7. The number of aromatic amines is 1. The van der Waals surface area contributed by atoms with E-state index in [-0.39, 0.29) is 23.7 Å². The van der Waals surface area contributed by atoms with Crippen LogP contribution in [0.1, 0.15) is 29.3 Å². The molecule has 2 aromatic rings. The standard InChI is InChI=1S/C17H22N4O3/c1-3-9-21-15(18)14(16(23)19-17(21)24)13(22)11-20(2)10-12-7-5-4-6-8-12/h4-8H,3,9-11,18H2,1-2H3,(H,19,23,24)/p+1. The Bertz CT molecular complexity index is 824. The normalized spacial score (nSPS) is 12.1. The van der Waals surface area contributed by atoms with E-state index in [0.717, 1.165) is 10.5 Å². The fourth-order valence-electron chi connectivity index (χ4n) is 2.67. The molecule has 24 heavy (non-hydrogen) atoms. The molecule has 1 unspecified atom stereocenters. The number of ketones is 1. The third-order valence-corrected chi connectivity index (χ3v) is 3.78. The minimum atomic E-state index is -0.720. The number of hydrogen-bond donors (Lipinski definition) is 3. The van der Waals surface area contributed by atoms with Crippen LogP contribution in [-0.2, 0) is 13.1 Å². The minimum Gasteiger partial charge on any atom is -0.384 e.